The number of aryl methyl sites for hydroxylation is 1. The summed E-state index contributed by atoms with van der Waals surface area (Å²) >= 11 is 0. The summed E-state index contributed by atoms with van der Waals surface area (Å²) in [5.74, 6) is -0.849. The highest BCUT2D eigenvalue weighted by Gasteiger charge is 2.21. The first kappa shape index (κ1) is 15.1. The molecule has 23 heavy (non-hydrogen) atoms. The van der Waals surface area contributed by atoms with Crippen LogP contribution in [-0.2, 0) is 24.2 Å². The second-order valence-corrected chi connectivity index (χ2v) is 5.56. The highest BCUT2D eigenvalue weighted by Crippen LogP contribution is 2.17. The Bertz CT molecular complexity index is 728. The Hall–Kier alpha value is -2.76. The molecule has 0 bridgehead atoms. The smallest absolute Gasteiger partial charge is 0.335 e. The third-order valence-electron chi connectivity index (χ3n) is 4.05. The number of aromatic carboxylic acids is 1. The van der Waals surface area contributed by atoms with Gasteiger partial charge in [0.25, 0.3) is 0 Å². The van der Waals surface area contributed by atoms with Crippen molar-refractivity contribution < 1.29 is 14.7 Å². The summed E-state index contributed by atoms with van der Waals surface area (Å²) in [7, 11) is 0. The molecular formula is C17H17N3O3. The SMILES string of the molecule is O=C(O)c1ccc(CCC(=O)N2CCc3cncnc3C2)cc1. The minimum atomic E-state index is -0.943. The summed E-state index contributed by atoms with van der Waals surface area (Å²) in [5, 5.41) is 8.87. The lowest BCUT2D eigenvalue weighted by molar-refractivity contribution is -0.132. The lowest BCUT2D eigenvalue weighted by Gasteiger charge is -2.27. The Labute approximate surface area is 133 Å². The van der Waals surface area contributed by atoms with Crippen molar-refractivity contribution in [2.24, 2.45) is 0 Å². The van der Waals surface area contributed by atoms with Crippen molar-refractivity contribution in [3.8, 4) is 0 Å². The summed E-state index contributed by atoms with van der Waals surface area (Å²) in [6.07, 6.45) is 5.12. The van der Waals surface area contributed by atoms with Crippen LogP contribution in [0.1, 0.15) is 33.6 Å². The molecule has 0 saturated heterocycles. The molecule has 1 aromatic carbocycles. The molecule has 6 heteroatoms. The predicted octanol–water partition coefficient (Wildman–Crippen LogP) is 1.69. The van der Waals surface area contributed by atoms with Gasteiger partial charge in [0, 0.05) is 19.2 Å². The number of aromatic nitrogens is 2. The summed E-state index contributed by atoms with van der Waals surface area (Å²) in [6, 6.07) is 6.65. The Morgan fingerprint density at radius 2 is 2.00 bits per heavy atom. The van der Waals surface area contributed by atoms with Crippen LogP contribution in [0.2, 0.25) is 0 Å². The molecule has 6 nitrogen and oxygen atoms in total. The molecule has 0 saturated carbocycles. The number of carboxylic acids is 1. The van der Waals surface area contributed by atoms with Gasteiger partial charge in [-0.2, -0.15) is 0 Å². The largest absolute Gasteiger partial charge is 0.478 e. The van der Waals surface area contributed by atoms with Gasteiger partial charge in [0.05, 0.1) is 17.8 Å². The Kier molecular flexibility index (Phi) is 4.32. The number of rotatable bonds is 4. The summed E-state index contributed by atoms with van der Waals surface area (Å²) < 4.78 is 0. The second-order valence-electron chi connectivity index (χ2n) is 5.56. The number of hydrogen-bond donors (Lipinski definition) is 1. The second kappa shape index (κ2) is 6.56. The molecule has 1 amide bonds. The first-order chi connectivity index (χ1) is 11.1. The Balaban J connectivity index is 1.57. The van der Waals surface area contributed by atoms with Crippen molar-refractivity contribution in [1.29, 1.82) is 0 Å². The van der Waals surface area contributed by atoms with E-state index in [2.05, 4.69) is 9.97 Å². The predicted molar refractivity (Wildman–Crippen MR) is 82.9 cm³/mol. The molecule has 0 spiro atoms. The minimum absolute atomic E-state index is 0.0940. The van der Waals surface area contributed by atoms with Crippen molar-refractivity contribution in [2.75, 3.05) is 6.54 Å². The summed E-state index contributed by atoms with van der Waals surface area (Å²) in [6.45, 7) is 1.23. The lowest BCUT2D eigenvalue weighted by Crippen LogP contribution is -2.36. The van der Waals surface area contributed by atoms with E-state index in [-0.39, 0.29) is 11.5 Å². The van der Waals surface area contributed by atoms with Gasteiger partial charge in [-0.3, -0.25) is 4.79 Å². The van der Waals surface area contributed by atoms with Crippen molar-refractivity contribution in [2.45, 2.75) is 25.8 Å². The van der Waals surface area contributed by atoms with E-state index in [0.717, 1.165) is 23.2 Å². The van der Waals surface area contributed by atoms with E-state index in [4.69, 9.17) is 5.11 Å². The van der Waals surface area contributed by atoms with Crippen LogP contribution in [0.15, 0.2) is 36.8 Å². The molecule has 0 atom stereocenters. The van der Waals surface area contributed by atoms with Gasteiger partial charge in [-0.25, -0.2) is 14.8 Å². The fourth-order valence-corrected chi connectivity index (χ4v) is 2.69. The van der Waals surface area contributed by atoms with Crippen molar-refractivity contribution >= 4 is 11.9 Å². The first-order valence-corrected chi connectivity index (χ1v) is 7.51. The van der Waals surface area contributed by atoms with Gasteiger partial charge < -0.3 is 10.0 Å². The number of amides is 1. The van der Waals surface area contributed by atoms with E-state index >= 15 is 0 Å². The van der Waals surface area contributed by atoms with Crippen LogP contribution in [0.5, 0.6) is 0 Å². The van der Waals surface area contributed by atoms with Crippen LogP contribution in [0, 0.1) is 0 Å². The molecule has 2 heterocycles. The van der Waals surface area contributed by atoms with E-state index in [1.807, 2.05) is 11.1 Å². The Morgan fingerprint density at radius 3 is 2.74 bits per heavy atom. The van der Waals surface area contributed by atoms with Crippen LogP contribution < -0.4 is 0 Å². The van der Waals surface area contributed by atoms with E-state index in [1.54, 1.807) is 24.3 Å². The monoisotopic (exact) mass is 311 g/mol. The highest BCUT2D eigenvalue weighted by molar-refractivity contribution is 5.87. The maximum Gasteiger partial charge on any atom is 0.335 e. The quantitative estimate of drug-likeness (QED) is 0.929. The normalized spacial score (nSPS) is 13.5. The van der Waals surface area contributed by atoms with Crippen LogP contribution in [0.3, 0.4) is 0 Å². The third kappa shape index (κ3) is 3.53. The van der Waals surface area contributed by atoms with Gasteiger partial charge >= 0.3 is 5.97 Å². The van der Waals surface area contributed by atoms with Gasteiger partial charge in [0.2, 0.25) is 5.91 Å². The fraction of sp³-hybridized carbons (Fsp3) is 0.294. The summed E-state index contributed by atoms with van der Waals surface area (Å²) in [4.78, 5) is 33.2. The lowest BCUT2D eigenvalue weighted by atomic mass is 10.0. The van der Waals surface area contributed by atoms with Crippen LogP contribution in [-0.4, -0.2) is 38.4 Å². The van der Waals surface area contributed by atoms with E-state index in [1.165, 1.54) is 6.33 Å². The van der Waals surface area contributed by atoms with E-state index < -0.39 is 5.97 Å². The maximum atomic E-state index is 12.3. The number of carbonyl (C=O) groups excluding carboxylic acids is 1. The van der Waals surface area contributed by atoms with Gasteiger partial charge in [0.15, 0.2) is 0 Å². The molecule has 0 radical (unpaired) electrons. The topological polar surface area (TPSA) is 83.4 Å². The highest BCUT2D eigenvalue weighted by atomic mass is 16.4. The maximum absolute atomic E-state index is 12.3. The number of nitrogens with zero attached hydrogens (tertiary/aromatic N) is 3. The van der Waals surface area contributed by atoms with Gasteiger partial charge in [-0.05, 0) is 36.1 Å². The number of benzene rings is 1. The molecule has 1 N–H and O–H groups in total. The number of fused-ring (bicyclic) bond motifs is 1. The molecule has 0 unspecified atom stereocenters. The molecule has 2 aromatic rings. The van der Waals surface area contributed by atoms with Crippen molar-refractivity contribution in [1.82, 2.24) is 14.9 Å². The minimum Gasteiger partial charge on any atom is -0.478 e. The molecule has 3 rings (SSSR count). The van der Waals surface area contributed by atoms with Gasteiger partial charge in [-0.1, -0.05) is 12.1 Å². The molecule has 1 aliphatic heterocycles. The molecule has 1 aromatic heterocycles. The fourth-order valence-electron chi connectivity index (χ4n) is 2.69. The molecular weight excluding hydrogens is 294 g/mol. The standard InChI is InChI=1S/C17H17N3O3/c21-16(6-3-12-1-4-13(5-2-12)17(22)23)20-8-7-14-9-18-11-19-15(14)10-20/h1-2,4-5,9,11H,3,6-8,10H2,(H,22,23). The molecule has 118 valence electrons. The van der Waals surface area contributed by atoms with Crippen LogP contribution in [0.25, 0.3) is 0 Å². The number of hydrogen-bond acceptors (Lipinski definition) is 4. The zero-order valence-corrected chi connectivity index (χ0v) is 12.6. The zero-order valence-electron chi connectivity index (χ0n) is 12.6. The van der Waals surface area contributed by atoms with Crippen molar-refractivity contribution in [3.63, 3.8) is 0 Å². The molecule has 1 aliphatic rings. The van der Waals surface area contributed by atoms with Crippen molar-refractivity contribution in [3.05, 3.63) is 59.2 Å². The van der Waals surface area contributed by atoms with E-state index in [9.17, 15) is 9.59 Å². The van der Waals surface area contributed by atoms with E-state index in [0.29, 0.717) is 25.9 Å². The average Bonchev–Trinajstić information content (AvgIpc) is 2.59. The Morgan fingerprint density at radius 1 is 1.22 bits per heavy atom. The van der Waals surface area contributed by atoms with Crippen LogP contribution >= 0.6 is 0 Å². The van der Waals surface area contributed by atoms with Gasteiger partial charge in [0.1, 0.15) is 6.33 Å². The first-order valence-electron chi connectivity index (χ1n) is 7.51. The number of carboxylic acid groups (broad SMARTS) is 1. The zero-order chi connectivity index (χ0) is 16.2. The van der Waals surface area contributed by atoms with Crippen LogP contribution in [0.4, 0.5) is 0 Å². The summed E-state index contributed by atoms with van der Waals surface area (Å²) in [5.41, 5.74) is 3.25. The molecule has 0 fully saturated rings. The average molecular weight is 311 g/mol. The molecule has 0 aliphatic carbocycles. The number of carbonyl (C=O) groups is 2. The third-order valence-corrected chi connectivity index (χ3v) is 4.05. The van der Waals surface area contributed by atoms with Gasteiger partial charge in [-0.15, -0.1) is 0 Å².